The van der Waals surface area contributed by atoms with Crippen LogP contribution >= 0.6 is 0 Å². The maximum absolute atomic E-state index is 12.7. The molecule has 3 nitrogen and oxygen atoms in total. The number of carbonyl (C=O) groups excluding carboxylic acids is 1. The number of hydrogen-bond acceptors (Lipinski definition) is 2. The number of rotatable bonds is 6. The van der Waals surface area contributed by atoms with Crippen LogP contribution in [0.15, 0.2) is 0 Å². The Hall–Kier alpha value is -0.570. The average Bonchev–Trinajstić information content (AvgIpc) is 2.38. The van der Waals surface area contributed by atoms with E-state index >= 15 is 0 Å². The Kier molecular flexibility index (Phi) is 6.69. The molecule has 0 aromatic heterocycles. The Morgan fingerprint density at radius 3 is 2.39 bits per heavy atom. The van der Waals surface area contributed by atoms with Crippen molar-refractivity contribution >= 4 is 5.91 Å². The molecule has 0 saturated carbocycles. The first kappa shape index (κ1) is 15.5. The van der Waals surface area contributed by atoms with Crippen LogP contribution in [0.25, 0.3) is 0 Å². The summed E-state index contributed by atoms with van der Waals surface area (Å²) in [6.07, 6.45) is 5.51. The molecule has 1 unspecified atom stereocenters. The summed E-state index contributed by atoms with van der Waals surface area (Å²) in [6, 6.07) is 0.474. The van der Waals surface area contributed by atoms with Gasteiger partial charge in [-0.1, -0.05) is 34.1 Å². The zero-order chi connectivity index (χ0) is 13.5. The maximum atomic E-state index is 12.7. The van der Waals surface area contributed by atoms with E-state index in [1.54, 1.807) is 0 Å². The Balaban J connectivity index is 2.70. The molecule has 0 aromatic rings. The van der Waals surface area contributed by atoms with Crippen LogP contribution in [0.1, 0.15) is 59.8 Å². The summed E-state index contributed by atoms with van der Waals surface area (Å²) in [7, 11) is 0. The Morgan fingerprint density at radius 2 is 1.94 bits per heavy atom. The first-order valence-electron chi connectivity index (χ1n) is 7.63. The average molecular weight is 254 g/mol. The molecule has 1 aliphatic rings. The van der Waals surface area contributed by atoms with Gasteiger partial charge in [-0.3, -0.25) is 4.79 Å². The molecular weight excluding hydrogens is 224 g/mol. The normalized spacial score (nSPS) is 20.4. The van der Waals surface area contributed by atoms with Gasteiger partial charge in [0, 0.05) is 12.6 Å². The lowest BCUT2D eigenvalue weighted by Gasteiger charge is -2.36. The molecular formula is C15H30N2O. The van der Waals surface area contributed by atoms with Gasteiger partial charge < -0.3 is 10.2 Å². The fraction of sp³-hybridized carbons (Fsp3) is 0.933. The lowest BCUT2D eigenvalue weighted by Crippen LogP contribution is -2.52. The zero-order valence-electron chi connectivity index (χ0n) is 12.5. The molecule has 0 radical (unpaired) electrons. The topological polar surface area (TPSA) is 32.3 Å². The highest BCUT2D eigenvalue weighted by atomic mass is 16.2. The molecule has 1 amide bonds. The second-order valence-electron chi connectivity index (χ2n) is 5.86. The SMILES string of the molecule is CCC(CC)N(CC(C)C)C(=O)C1CCCCN1. The van der Waals surface area contributed by atoms with Gasteiger partial charge in [-0.05, 0) is 38.1 Å². The number of piperidine rings is 1. The van der Waals surface area contributed by atoms with Crippen LogP contribution in [0.2, 0.25) is 0 Å². The summed E-state index contributed by atoms with van der Waals surface area (Å²) < 4.78 is 0. The van der Waals surface area contributed by atoms with E-state index in [0.717, 1.165) is 32.4 Å². The van der Waals surface area contributed by atoms with Crippen molar-refractivity contribution < 1.29 is 4.79 Å². The number of amides is 1. The van der Waals surface area contributed by atoms with Crippen molar-refractivity contribution in [2.75, 3.05) is 13.1 Å². The molecule has 1 aliphatic heterocycles. The Bertz CT molecular complexity index is 243. The van der Waals surface area contributed by atoms with Crippen LogP contribution in [-0.4, -0.2) is 36.0 Å². The van der Waals surface area contributed by atoms with Gasteiger partial charge in [0.1, 0.15) is 0 Å². The van der Waals surface area contributed by atoms with E-state index in [2.05, 4.69) is 37.9 Å². The highest BCUT2D eigenvalue weighted by Crippen LogP contribution is 2.16. The molecule has 1 atom stereocenters. The molecule has 0 aromatic carbocycles. The zero-order valence-corrected chi connectivity index (χ0v) is 12.5. The van der Waals surface area contributed by atoms with E-state index in [9.17, 15) is 4.79 Å². The fourth-order valence-corrected chi connectivity index (χ4v) is 2.80. The minimum Gasteiger partial charge on any atom is -0.338 e. The minimum atomic E-state index is 0.0677. The van der Waals surface area contributed by atoms with Crippen molar-refractivity contribution in [2.45, 2.75) is 71.9 Å². The van der Waals surface area contributed by atoms with Crippen LogP contribution in [0.3, 0.4) is 0 Å². The summed E-state index contributed by atoms with van der Waals surface area (Å²) in [5, 5.41) is 3.38. The predicted octanol–water partition coefficient (Wildman–Crippen LogP) is 2.80. The summed E-state index contributed by atoms with van der Waals surface area (Å²) >= 11 is 0. The van der Waals surface area contributed by atoms with Gasteiger partial charge in [-0.15, -0.1) is 0 Å². The third-order valence-corrected chi connectivity index (χ3v) is 3.84. The van der Waals surface area contributed by atoms with E-state index in [1.165, 1.54) is 12.8 Å². The van der Waals surface area contributed by atoms with Crippen LogP contribution in [-0.2, 0) is 4.79 Å². The van der Waals surface area contributed by atoms with Gasteiger partial charge in [0.2, 0.25) is 5.91 Å². The lowest BCUT2D eigenvalue weighted by atomic mass is 10.0. The summed E-state index contributed by atoms with van der Waals surface area (Å²) in [5.74, 6) is 0.871. The van der Waals surface area contributed by atoms with Crippen molar-refractivity contribution in [2.24, 2.45) is 5.92 Å². The smallest absolute Gasteiger partial charge is 0.239 e. The lowest BCUT2D eigenvalue weighted by molar-refractivity contribution is -0.137. The molecule has 3 heteroatoms. The largest absolute Gasteiger partial charge is 0.338 e. The predicted molar refractivity (Wildman–Crippen MR) is 76.6 cm³/mol. The summed E-state index contributed by atoms with van der Waals surface area (Å²) in [6.45, 7) is 10.6. The van der Waals surface area contributed by atoms with Gasteiger partial charge >= 0.3 is 0 Å². The van der Waals surface area contributed by atoms with Gasteiger partial charge in [0.15, 0.2) is 0 Å². The van der Waals surface area contributed by atoms with E-state index < -0.39 is 0 Å². The minimum absolute atomic E-state index is 0.0677. The van der Waals surface area contributed by atoms with Crippen molar-refractivity contribution in [3.8, 4) is 0 Å². The first-order chi connectivity index (χ1) is 8.60. The Labute approximate surface area is 112 Å². The first-order valence-corrected chi connectivity index (χ1v) is 7.63. The molecule has 1 rings (SSSR count). The number of hydrogen-bond donors (Lipinski definition) is 1. The molecule has 1 N–H and O–H groups in total. The fourth-order valence-electron chi connectivity index (χ4n) is 2.80. The van der Waals surface area contributed by atoms with E-state index in [0.29, 0.717) is 17.9 Å². The van der Waals surface area contributed by atoms with E-state index in [-0.39, 0.29) is 6.04 Å². The maximum Gasteiger partial charge on any atom is 0.239 e. The van der Waals surface area contributed by atoms with Crippen molar-refractivity contribution in [1.29, 1.82) is 0 Å². The van der Waals surface area contributed by atoms with Gasteiger partial charge in [0.05, 0.1) is 6.04 Å². The van der Waals surface area contributed by atoms with Gasteiger partial charge in [-0.25, -0.2) is 0 Å². The second-order valence-corrected chi connectivity index (χ2v) is 5.86. The van der Waals surface area contributed by atoms with Gasteiger partial charge in [-0.2, -0.15) is 0 Å². The summed E-state index contributed by atoms with van der Waals surface area (Å²) in [5.41, 5.74) is 0. The molecule has 106 valence electrons. The van der Waals surface area contributed by atoms with Crippen molar-refractivity contribution in [3.05, 3.63) is 0 Å². The molecule has 1 fully saturated rings. The summed E-state index contributed by atoms with van der Waals surface area (Å²) in [4.78, 5) is 14.8. The molecule has 18 heavy (non-hydrogen) atoms. The molecule has 0 aliphatic carbocycles. The highest BCUT2D eigenvalue weighted by Gasteiger charge is 2.29. The van der Waals surface area contributed by atoms with Crippen LogP contribution in [0.4, 0.5) is 0 Å². The standard InChI is InChI=1S/C15H30N2O/c1-5-13(6-2)17(11-12(3)4)15(18)14-9-7-8-10-16-14/h12-14,16H,5-11H2,1-4H3. The Morgan fingerprint density at radius 1 is 1.28 bits per heavy atom. The third kappa shape index (κ3) is 4.27. The van der Waals surface area contributed by atoms with Crippen molar-refractivity contribution in [1.82, 2.24) is 10.2 Å². The number of nitrogens with zero attached hydrogens (tertiary/aromatic N) is 1. The van der Waals surface area contributed by atoms with Gasteiger partial charge in [0.25, 0.3) is 0 Å². The monoisotopic (exact) mass is 254 g/mol. The third-order valence-electron chi connectivity index (χ3n) is 3.84. The van der Waals surface area contributed by atoms with Crippen molar-refractivity contribution in [3.63, 3.8) is 0 Å². The van der Waals surface area contributed by atoms with Crippen LogP contribution in [0.5, 0.6) is 0 Å². The molecule has 0 spiro atoms. The molecule has 0 bridgehead atoms. The van der Waals surface area contributed by atoms with Crippen LogP contribution < -0.4 is 5.32 Å². The van der Waals surface area contributed by atoms with E-state index in [1.807, 2.05) is 0 Å². The van der Waals surface area contributed by atoms with E-state index in [4.69, 9.17) is 0 Å². The van der Waals surface area contributed by atoms with Crippen LogP contribution in [0, 0.1) is 5.92 Å². The second kappa shape index (κ2) is 7.78. The number of carbonyl (C=O) groups is 1. The molecule has 1 saturated heterocycles. The highest BCUT2D eigenvalue weighted by molar-refractivity contribution is 5.82. The number of nitrogens with one attached hydrogen (secondary N) is 1. The quantitative estimate of drug-likeness (QED) is 0.790. The molecule has 1 heterocycles.